The molecule has 208 valence electrons. The largest absolute Gasteiger partial charge is 0.490 e. The molecule has 10 heteroatoms. The molecule has 4 rings (SSSR count). The van der Waals surface area contributed by atoms with Gasteiger partial charge in [0.25, 0.3) is 0 Å². The van der Waals surface area contributed by atoms with Crippen LogP contribution in [0.1, 0.15) is 25.0 Å². The number of hydrogen-bond acceptors (Lipinski definition) is 7. The Morgan fingerprint density at radius 1 is 0.951 bits per heavy atom. The quantitative estimate of drug-likeness (QED) is 0.0994. The summed E-state index contributed by atoms with van der Waals surface area (Å²) in [6.45, 7) is 3.55. The molecule has 0 fully saturated rings. The van der Waals surface area contributed by atoms with Crippen LogP contribution in [0.3, 0.4) is 0 Å². The van der Waals surface area contributed by atoms with Crippen LogP contribution >= 0.6 is 0 Å². The molecule has 41 heavy (non-hydrogen) atoms. The number of benzene rings is 3. The molecule has 2 N–H and O–H groups in total. The minimum absolute atomic E-state index is 0.105. The molecule has 0 saturated carbocycles. The second-order valence-corrected chi connectivity index (χ2v) is 9.16. The first-order chi connectivity index (χ1) is 19.7. The fourth-order valence-corrected chi connectivity index (χ4v) is 4.10. The van der Waals surface area contributed by atoms with Crippen molar-refractivity contribution in [2.75, 3.05) is 7.11 Å². The van der Waals surface area contributed by atoms with E-state index < -0.39 is 16.9 Å². The molecule has 0 unspecified atom stereocenters. The Morgan fingerprint density at radius 3 is 2.12 bits per heavy atom. The van der Waals surface area contributed by atoms with Crippen molar-refractivity contribution >= 4 is 29.8 Å². The third-order valence-electron chi connectivity index (χ3n) is 5.93. The molecule has 0 aliphatic heterocycles. The molecule has 0 atom stereocenters. The van der Waals surface area contributed by atoms with Crippen molar-refractivity contribution in [3.8, 4) is 39.7 Å². The van der Waals surface area contributed by atoms with Gasteiger partial charge in [0.2, 0.25) is 0 Å². The van der Waals surface area contributed by atoms with Gasteiger partial charge in [-0.05, 0) is 49.3 Å². The van der Waals surface area contributed by atoms with Gasteiger partial charge in [0.05, 0.1) is 35.1 Å². The average molecular weight is 554 g/mol. The van der Waals surface area contributed by atoms with E-state index in [4.69, 9.17) is 19.6 Å². The summed E-state index contributed by atoms with van der Waals surface area (Å²) >= 11 is 0. The number of aliphatic carboxylic acids is 1. The second kappa shape index (κ2) is 12.6. The number of aromatic nitrogens is 2. The molecule has 1 heterocycles. The molecule has 10 nitrogen and oxygen atoms in total. The Hall–Kier alpha value is -5.51. The number of ether oxygens (including phenoxy) is 2. The predicted octanol–water partition coefficient (Wildman–Crippen LogP) is 6.39. The minimum Gasteiger partial charge on any atom is -0.490 e. The van der Waals surface area contributed by atoms with Crippen molar-refractivity contribution in [2.45, 2.75) is 20.0 Å². The van der Waals surface area contributed by atoms with Crippen molar-refractivity contribution in [1.29, 1.82) is 0 Å². The van der Waals surface area contributed by atoms with Gasteiger partial charge in [-0.3, -0.25) is 10.1 Å². The Labute approximate surface area is 235 Å². The monoisotopic (exact) mass is 553 g/mol. The highest BCUT2D eigenvalue weighted by Crippen LogP contribution is 2.39. The number of para-hydroxylation sites is 1. The van der Waals surface area contributed by atoms with E-state index in [-0.39, 0.29) is 28.9 Å². The summed E-state index contributed by atoms with van der Waals surface area (Å²) in [5, 5.41) is 20.9. The van der Waals surface area contributed by atoms with E-state index in [1.165, 1.54) is 25.3 Å². The van der Waals surface area contributed by atoms with E-state index in [2.05, 4.69) is 4.98 Å². The first kappa shape index (κ1) is 28.5. The number of nitro groups is 1. The van der Waals surface area contributed by atoms with E-state index in [1.54, 1.807) is 56.3 Å². The summed E-state index contributed by atoms with van der Waals surface area (Å²) in [4.78, 5) is 42.2. The molecule has 0 bridgehead atoms. The van der Waals surface area contributed by atoms with E-state index >= 15 is 0 Å². The highest BCUT2D eigenvalue weighted by atomic mass is 16.6. The second-order valence-electron chi connectivity index (χ2n) is 9.16. The van der Waals surface area contributed by atoms with Crippen LogP contribution in [0, 0.1) is 10.1 Å². The lowest BCUT2D eigenvalue weighted by atomic mass is 10.0. The number of carbonyl (C=O) groups excluding carboxylic acids is 1. The minimum atomic E-state index is -1.05. The summed E-state index contributed by atoms with van der Waals surface area (Å²) in [6.07, 6.45) is 5.32. The third kappa shape index (κ3) is 6.93. The molecule has 0 amide bonds. The van der Waals surface area contributed by atoms with Crippen LogP contribution in [0.4, 0.5) is 5.69 Å². The average Bonchev–Trinajstić information content (AvgIpc) is 3.40. The van der Waals surface area contributed by atoms with Gasteiger partial charge in [-0.25, -0.2) is 14.6 Å². The number of carbonyl (C=O) groups is 2. The van der Waals surface area contributed by atoms with Crippen molar-refractivity contribution in [1.82, 2.24) is 9.97 Å². The van der Waals surface area contributed by atoms with Gasteiger partial charge < -0.3 is 19.6 Å². The Morgan fingerprint density at radius 2 is 1.56 bits per heavy atom. The number of H-pyrrole nitrogens is 1. The Balaban J connectivity index is 1.79. The maximum absolute atomic E-state index is 12.0. The van der Waals surface area contributed by atoms with E-state index in [1.807, 2.05) is 24.3 Å². The lowest BCUT2D eigenvalue weighted by Crippen LogP contribution is -2.08. The maximum Gasteiger partial charge on any atom is 0.331 e. The Bertz CT molecular complexity index is 1630. The number of hydrogen-bond donors (Lipinski definition) is 2. The molecule has 4 aromatic rings. The smallest absolute Gasteiger partial charge is 0.331 e. The number of aromatic amines is 1. The van der Waals surface area contributed by atoms with Gasteiger partial charge in [-0.2, -0.15) is 0 Å². The van der Waals surface area contributed by atoms with Crippen LogP contribution in [0.2, 0.25) is 0 Å². The molecule has 1 aromatic heterocycles. The summed E-state index contributed by atoms with van der Waals surface area (Å²) < 4.78 is 10.4. The van der Waals surface area contributed by atoms with Crippen molar-refractivity contribution in [2.24, 2.45) is 0 Å². The van der Waals surface area contributed by atoms with Gasteiger partial charge in [-0.1, -0.05) is 54.6 Å². The zero-order chi connectivity index (χ0) is 29.5. The Kier molecular flexibility index (Phi) is 8.73. The predicted molar refractivity (Wildman–Crippen MR) is 155 cm³/mol. The van der Waals surface area contributed by atoms with Gasteiger partial charge >= 0.3 is 17.6 Å². The standard InChI is InChI=1S/C31H27N3O7/c1-19(2)41-27(37)18-12-21-9-15-23(16-10-21)29-28(22-13-7-20(8-14-22)11-17-26(35)36)32-31(33-29)24-5-4-6-25(40-3)30(24)34(38)39/h4-19H,1-3H3,(H,32,33)(H,35,36)/b17-11+,18-12+. The number of carboxylic acid groups (broad SMARTS) is 1. The van der Waals surface area contributed by atoms with Gasteiger partial charge in [0, 0.05) is 23.3 Å². The van der Waals surface area contributed by atoms with Crippen LogP contribution in [0.5, 0.6) is 5.75 Å². The molecule has 0 aliphatic rings. The van der Waals surface area contributed by atoms with Crippen LogP contribution in [0.15, 0.2) is 78.9 Å². The lowest BCUT2D eigenvalue weighted by molar-refractivity contribution is -0.385. The molecule has 3 aromatic carbocycles. The van der Waals surface area contributed by atoms with E-state index in [9.17, 15) is 19.7 Å². The molecule has 0 spiro atoms. The number of imidazole rings is 1. The molecule has 0 aliphatic carbocycles. The number of methoxy groups -OCH3 is 1. The van der Waals surface area contributed by atoms with Crippen LogP contribution in [-0.2, 0) is 14.3 Å². The highest BCUT2D eigenvalue weighted by Gasteiger charge is 2.25. The number of nitro benzene ring substituents is 1. The third-order valence-corrected chi connectivity index (χ3v) is 5.93. The van der Waals surface area contributed by atoms with Gasteiger partial charge in [-0.15, -0.1) is 0 Å². The van der Waals surface area contributed by atoms with Crippen LogP contribution in [0.25, 0.3) is 46.1 Å². The summed E-state index contributed by atoms with van der Waals surface area (Å²) in [5.74, 6) is -1.11. The summed E-state index contributed by atoms with van der Waals surface area (Å²) in [7, 11) is 1.37. The number of rotatable bonds is 10. The van der Waals surface area contributed by atoms with E-state index in [0.29, 0.717) is 22.5 Å². The lowest BCUT2D eigenvalue weighted by Gasteiger charge is -2.05. The fraction of sp³-hybridized carbons (Fsp3) is 0.129. The maximum atomic E-state index is 12.0. The molecular formula is C31H27N3O7. The molecule has 0 saturated heterocycles. The number of esters is 1. The SMILES string of the molecule is COc1cccc(-c2nc(-c3ccc(/C=C/C(=O)O)cc3)c(-c3ccc(/C=C/C(=O)OC(C)C)cc3)[nH]2)c1[N+](=O)[O-]. The van der Waals surface area contributed by atoms with Crippen molar-refractivity contribution in [3.05, 3.63) is 100 Å². The number of carboxylic acids is 1. The number of nitrogens with zero attached hydrogens (tertiary/aromatic N) is 2. The van der Waals surface area contributed by atoms with Crippen molar-refractivity contribution < 1.29 is 29.1 Å². The number of nitrogens with one attached hydrogen (secondary N) is 1. The zero-order valence-electron chi connectivity index (χ0n) is 22.5. The fourth-order valence-electron chi connectivity index (χ4n) is 4.10. The first-order valence-electron chi connectivity index (χ1n) is 12.6. The van der Waals surface area contributed by atoms with Gasteiger partial charge in [0.15, 0.2) is 5.75 Å². The van der Waals surface area contributed by atoms with Gasteiger partial charge in [0.1, 0.15) is 5.82 Å². The summed E-state index contributed by atoms with van der Waals surface area (Å²) in [6, 6.07) is 19.2. The topological polar surface area (TPSA) is 145 Å². The van der Waals surface area contributed by atoms with Crippen molar-refractivity contribution in [3.63, 3.8) is 0 Å². The summed E-state index contributed by atoms with van der Waals surface area (Å²) in [5.41, 5.74) is 4.10. The van der Waals surface area contributed by atoms with E-state index in [0.717, 1.165) is 17.2 Å². The molecular weight excluding hydrogens is 526 g/mol. The first-order valence-corrected chi connectivity index (χ1v) is 12.6. The zero-order valence-corrected chi connectivity index (χ0v) is 22.5. The highest BCUT2D eigenvalue weighted by molar-refractivity contribution is 5.88. The van der Waals surface area contributed by atoms with Crippen LogP contribution in [-0.4, -0.2) is 45.2 Å². The molecule has 0 radical (unpaired) electrons. The van der Waals surface area contributed by atoms with Crippen LogP contribution < -0.4 is 4.74 Å². The normalized spacial score (nSPS) is 11.3.